The highest BCUT2D eigenvalue weighted by Gasteiger charge is 2.51. The van der Waals surface area contributed by atoms with Crippen LogP contribution in [0.15, 0.2) is 30.3 Å². The van der Waals surface area contributed by atoms with E-state index in [1.807, 2.05) is 18.2 Å². The van der Waals surface area contributed by atoms with E-state index in [1.54, 1.807) is 0 Å². The lowest BCUT2D eigenvalue weighted by Gasteiger charge is -2.57. The van der Waals surface area contributed by atoms with Gasteiger partial charge >= 0.3 is 0 Å². The van der Waals surface area contributed by atoms with E-state index in [2.05, 4.69) is 22.8 Å². The van der Waals surface area contributed by atoms with Crippen LogP contribution in [-0.2, 0) is 6.54 Å². The van der Waals surface area contributed by atoms with Gasteiger partial charge in [0.25, 0.3) is 0 Å². The standard InChI is InChI=1S/C18H25N3.ClH/c19-17(20-12-13-4-2-1-3-5-13)21-18-9-14-6-15(10-18)8-16(7-14)11-18;/h1-5,14-16H,6-12H2,(H3,19,20,21);1H. The number of hydrogen-bond donors (Lipinski definition) is 3. The van der Waals surface area contributed by atoms with Crippen molar-refractivity contribution < 1.29 is 0 Å². The second-order valence-electron chi connectivity index (χ2n) is 7.54. The summed E-state index contributed by atoms with van der Waals surface area (Å²) in [7, 11) is 0. The molecule has 3 nitrogen and oxygen atoms in total. The number of halogens is 1. The minimum atomic E-state index is 0. The molecule has 0 unspecified atom stereocenters. The van der Waals surface area contributed by atoms with Crippen LogP contribution in [-0.4, -0.2) is 11.5 Å². The summed E-state index contributed by atoms with van der Waals surface area (Å²) in [6.45, 7) is 0.735. The van der Waals surface area contributed by atoms with Crippen molar-refractivity contribution in [3.8, 4) is 0 Å². The molecule has 4 saturated carbocycles. The van der Waals surface area contributed by atoms with Crippen LogP contribution >= 0.6 is 12.4 Å². The van der Waals surface area contributed by atoms with Gasteiger partial charge < -0.3 is 10.6 Å². The van der Waals surface area contributed by atoms with Crippen molar-refractivity contribution in [2.24, 2.45) is 17.8 Å². The lowest BCUT2D eigenvalue weighted by molar-refractivity contribution is -0.0106. The first kappa shape index (κ1) is 15.7. The molecule has 0 amide bonds. The predicted octanol–water partition coefficient (Wildman–Crippen LogP) is 3.69. The molecule has 1 aromatic rings. The average Bonchev–Trinajstić information content (AvgIpc) is 2.44. The molecule has 5 rings (SSSR count). The maximum atomic E-state index is 8.25. The molecule has 0 aliphatic heterocycles. The van der Waals surface area contributed by atoms with Gasteiger partial charge in [0.2, 0.25) is 0 Å². The second-order valence-corrected chi connectivity index (χ2v) is 7.54. The lowest BCUT2D eigenvalue weighted by Crippen LogP contribution is -2.61. The molecule has 4 bridgehead atoms. The maximum absolute atomic E-state index is 8.25. The van der Waals surface area contributed by atoms with E-state index >= 15 is 0 Å². The molecule has 120 valence electrons. The fraction of sp³-hybridized carbons (Fsp3) is 0.611. The smallest absolute Gasteiger partial charge is 0.189 e. The van der Waals surface area contributed by atoms with Crippen molar-refractivity contribution in [1.29, 1.82) is 5.41 Å². The van der Waals surface area contributed by atoms with Crippen LogP contribution in [0.4, 0.5) is 0 Å². The Bertz CT molecular complexity index is 493. The molecule has 4 aliphatic rings. The van der Waals surface area contributed by atoms with Gasteiger partial charge in [0.15, 0.2) is 5.96 Å². The third kappa shape index (κ3) is 3.10. The zero-order chi connectivity index (χ0) is 14.3. The average molecular weight is 320 g/mol. The Morgan fingerprint density at radius 1 is 1.00 bits per heavy atom. The zero-order valence-corrected chi connectivity index (χ0v) is 13.8. The molecule has 0 aromatic heterocycles. The molecule has 0 spiro atoms. The lowest BCUT2D eigenvalue weighted by atomic mass is 9.53. The summed E-state index contributed by atoms with van der Waals surface area (Å²) >= 11 is 0. The second kappa shape index (κ2) is 6.11. The fourth-order valence-electron chi connectivity index (χ4n) is 5.36. The van der Waals surface area contributed by atoms with Gasteiger partial charge in [-0.05, 0) is 61.8 Å². The summed E-state index contributed by atoms with van der Waals surface area (Å²) in [5, 5.41) is 15.1. The zero-order valence-electron chi connectivity index (χ0n) is 13.0. The first-order chi connectivity index (χ1) is 10.2. The molecular formula is C18H26ClN3. The predicted molar refractivity (Wildman–Crippen MR) is 92.3 cm³/mol. The van der Waals surface area contributed by atoms with E-state index in [0.717, 1.165) is 24.3 Å². The third-order valence-electron chi connectivity index (χ3n) is 5.74. The van der Waals surface area contributed by atoms with E-state index in [9.17, 15) is 0 Å². The largest absolute Gasteiger partial charge is 0.352 e. The summed E-state index contributed by atoms with van der Waals surface area (Å²) in [5.74, 6) is 3.28. The minimum Gasteiger partial charge on any atom is -0.352 e. The van der Waals surface area contributed by atoms with Crippen LogP contribution in [0, 0.1) is 23.2 Å². The van der Waals surface area contributed by atoms with E-state index in [0.29, 0.717) is 5.96 Å². The van der Waals surface area contributed by atoms with Crippen LogP contribution in [0.3, 0.4) is 0 Å². The Labute approximate surface area is 139 Å². The summed E-state index contributed by atoms with van der Waals surface area (Å²) in [4.78, 5) is 0. The van der Waals surface area contributed by atoms with Gasteiger partial charge in [-0.2, -0.15) is 0 Å². The van der Waals surface area contributed by atoms with Crippen molar-refractivity contribution >= 4 is 18.4 Å². The van der Waals surface area contributed by atoms with Crippen molar-refractivity contribution in [3.05, 3.63) is 35.9 Å². The Balaban J connectivity index is 0.00000144. The minimum absolute atomic E-state index is 0. The molecule has 4 heteroatoms. The highest BCUT2D eigenvalue weighted by atomic mass is 35.5. The SMILES string of the molecule is Cl.N=C(NCc1ccccc1)NC12CC3CC(CC(C3)C1)C2. The normalized spacial score (nSPS) is 34.8. The summed E-state index contributed by atoms with van der Waals surface area (Å²) in [6, 6.07) is 10.3. The molecule has 4 aliphatic carbocycles. The Hall–Kier alpha value is -1.22. The van der Waals surface area contributed by atoms with Gasteiger partial charge in [-0.1, -0.05) is 30.3 Å². The van der Waals surface area contributed by atoms with Gasteiger partial charge in [0.1, 0.15) is 0 Å². The number of guanidine groups is 1. The summed E-state index contributed by atoms with van der Waals surface area (Å²) in [6.07, 6.45) is 8.21. The number of rotatable bonds is 3. The van der Waals surface area contributed by atoms with Crippen LogP contribution in [0.1, 0.15) is 44.1 Å². The summed E-state index contributed by atoms with van der Waals surface area (Å²) in [5.41, 5.74) is 1.46. The highest BCUT2D eigenvalue weighted by Crippen LogP contribution is 2.55. The molecule has 22 heavy (non-hydrogen) atoms. The Morgan fingerprint density at radius 2 is 1.55 bits per heavy atom. The number of nitrogens with one attached hydrogen (secondary N) is 3. The molecule has 3 N–H and O–H groups in total. The van der Waals surface area contributed by atoms with E-state index in [4.69, 9.17) is 5.41 Å². The Morgan fingerprint density at radius 3 is 2.09 bits per heavy atom. The maximum Gasteiger partial charge on any atom is 0.189 e. The molecule has 0 heterocycles. The fourth-order valence-corrected chi connectivity index (χ4v) is 5.36. The van der Waals surface area contributed by atoms with E-state index in [1.165, 1.54) is 44.1 Å². The number of hydrogen-bond acceptors (Lipinski definition) is 1. The van der Waals surface area contributed by atoms with Crippen molar-refractivity contribution in [1.82, 2.24) is 10.6 Å². The monoisotopic (exact) mass is 319 g/mol. The summed E-state index contributed by atoms with van der Waals surface area (Å²) < 4.78 is 0. The van der Waals surface area contributed by atoms with Gasteiger partial charge in [0.05, 0.1) is 0 Å². The first-order valence-corrected chi connectivity index (χ1v) is 8.35. The van der Waals surface area contributed by atoms with E-state index < -0.39 is 0 Å². The Kier molecular flexibility index (Phi) is 4.35. The van der Waals surface area contributed by atoms with Crippen LogP contribution in [0.25, 0.3) is 0 Å². The molecule has 0 radical (unpaired) electrons. The number of benzene rings is 1. The highest BCUT2D eigenvalue weighted by molar-refractivity contribution is 5.85. The molecule has 0 atom stereocenters. The van der Waals surface area contributed by atoms with Gasteiger partial charge in [-0.3, -0.25) is 5.41 Å². The van der Waals surface area contributed by atoms with E-state index in [-0.39, 0.29) is 17.9 Å². The van der Waals surface area contributed by atoms with Gasteiger partial charge in [0, 0.05) is 12.1 Å². The van der Waals surface area contributed by atoms with Gasteiger partial charge in [-0.15, -0.1) is 12.4 Å². The quantitative estimate of drug-likeness (QED) is 0.588. The van der Waals surface area contributed by atoms with Crippen molar-refractivity contribution in [3.63, 3.8) is 0 Å². The van der Waals surface area contributed by atoms with Crippen LogP contribution in [0.2, 0.25) is 0 Å². The van der Waals surface area contributed by atoms with Crippen LogP contribution < -0.4 is 10.6 Å². The third-order valence-corrected chi connectivity index (χ3v) is 5.74. The molecular weight excluding hydrogens is 294 g/mol. The molecule has 1 aromatic carbocycles. The molecule has 0 saturated heterocycles. The molecule has 4 fully saturated rings. The van der Waals surface area contributed by atoms with Crippen LogP contribution in [0.5, 0.6) is 0 Å². The first-order valence-electron chi connectivity index (χ1n) is 8.35. The topological polar surface area (TPSA) is 47.9 Å². The van der Waals surface area contributed by atoms with Crippen molar-refractivity contribution in [2.45, 2.75) is 50.6 Å². The van der Waals surface area contributed by atoms with Gasteiger partial charge in [-0.25, -0.2) is 0 Å². The van der Waals surface area contributed by atoms with Crippen molar-refractivity contribution in [2.75, 3.05) is 0 Å².